The molecular weight excluding hydrogens is 200 g/mol. The van der Waals surface area contributed by atoms with Crippen LogP contribution in [0.1, 0.15) is 11.1 Å². The lowest BCUT2D eigenvalue weighted by molar-refractivity contribution is 0.350. The molecule has 0 aromatic heterocycles. The zero-order valence-electron chi connectivity index (χ0n) is 7.21. The Bertz CT molecular complexity index is 452. The summed E-state index contributed by atoms with van der Waals surface area (Å²) in [5, 5.41) is 17.5. The summed E-state index contributed by atoms with van der Waals surface area (Å²) in [5.41, 5.74) is 6.83. The molecule has 70 valence electrons. The molecule has 3 N–H and O–H groups in total. The number of hydrogen-bond acceptors (Lipinski definition) is 3. The number of aliphatic hydroxyl groups excluding tert-OH is 1. The Hall–Kier alpha value is -1.68. The number of aliphatic hydroxyl groups is 1. The van der Waals surface area contributed by atoms with Crippen LogP contribution in [0, 0.1) is 23.2 Å². The highest BCUT2D eigenvalue weighted by Crippen LogP contribution is 2.22. The number of rotatable bonds is 0. The second-order valence-electron chi connectivity index (χ2n) is 2.49. The first kappa shape index (κ1) is 10.4. The Morgan fingerprint density at radius 1 is 1.43 bits per heavy atom. The molecule has 0 spiro atoms. The van der Waals surface area contributed by atoms with Crippen LogP contribution in [0.15, 0.2) is 12.1 Å². The molecule has 14 heavy (non-hydrogen) atoms. The van der Waals surface area contributed by atoms with E-state index in [9.17, 15) is 0 Å². The first-order valence-corrected chi connectivity index (χ1v) is 4.15. The maximum absolute atomic E-state index is 8.69. The van der Waals surface area contributed by atoms with Gasteiger partial charge >= 0.3 is 0 Å². The smallest absolute Gasteiger partial charge is 0.104 e. The van der Waals surface area contributed by atoms with Gasteiger partial charge in [-0.15, -0.1) is 0 Å². The maximum Gasteiger partial charge on any atom is 0.104 e. The van der Waals surface area contributed by atoms with Crippen LogP contribution in [0.25, 0.3) is 0 Å². The molecule has 0 radical (unpaired) electrons. The average Bonchev–Trinajstić information content (AvgIpc) is 2.17. The lowest BCUT2D eigenvalue weighted by Gasteiger charge is -2.00. The van der Waals surface area contributed by atoms with Crippen LogP contribution in [0.5, 0.6) is 0 Å². The van der Waals surface area contributed by atoms with Crippen molar-refractivity contribution in [2.75, 3.05) is 12.3 Å². The summed E-state index contributed by atoms with van der Waals surface area (Å²) >= 11 is 5.74. The van der Waals surface area contributed by atoms with Gasteiger partial charge in [0, 0.05) is 11.3 Å². The summed E-state index contributed by atoms with van der Waals surface area (Å²) in [5.74, 6) is 5.08. The van der Waals surface area contributed by atoms with Crippen molar-refractivity contribution in [1.29, 1.82) is 5.26 Å². The summed E-state index contributed by atoms with van der Waals surface area (Å²) in [7, 11) is 0. The summed E-state index contributed by atoms with van der Waals surface area (Å²) in [6.07, 6.45) is 0. The molecule has 0 saturated heterocycles. The van der Waals surface area contributed by atoms with E-state index in [4.69, 9.17) is 27.7 Å². The summed E-state index contributed by atoms with van der Waals surface area (Å²) < 4.78 is 0. The molecular formula is C10H7ClN2O. The van der Waals surface area contributed by atoms with E-state index in [-0.39, 0.29) is 6.61 Å². The molecule has 1 aromatic rings. The second kappa shape index (κ2) is 4.53. The fourth-order valence-corrected chi connectivity index (χ4v) is 1.13. The van der Waals surface area contributed by atoms with E-state index >= 15 is 0 Å². The minimum atomic E-state index is -0.246. The highest BCUT2D eigenvalue weighted by atomic mass is 35.5. The van der Waals surface area contributed by atoms with Crippen molar-refractivity contribution in [3.63, 3.8) is 0 Å². The van der Waals surface area contributed by atoms with Crippen LogP contribution in [-0.4, -0.2) is 11.7 Å². The van der Waals surface area contributed by atoms with Crippen LogP contribution in [0.2, 0.25) is 5.02 Å². The van der Waals surface area contributed by atoms with E-state index in [1.807, 2.05) is 6.07 Å². The van der Waals surface area contributed by atoms with Gasteiger partial charge in [-0.2, -0.15) is 5.26 Å². The van der Waals surface area contributed by atoms with Gasteiger partial charge in [-0.05, 0) is 12.1 Å². The van der Waals surface area contributed by atoms with Gasteiger partial charge in [0.25, 0.3) is 0 Å². The van der Waals surface area contributed by atoms with E-state index in [1.165, 1.54) is 12.1 Å². The van der Waals surface area contributed by atoms with Crippen molar-refractivity contribution in [2.24, 2.45) is 0 Å². The number of hydrogen-bond donors (Lipinski definition) is 2. The fourth-order valence-electron chi connectivity index (χ4n) is 0.917. The highest BCUT2D eigenvalue weighted by molar-refractivity contribution is 6.32. The first-order valence-electron chi connectivity index (χ1n) is 3.78. The molecule has 0 aliphatic heterocycles. The van der Waals surface area contributed by atoms with Crippen LogP contribution in [-0.2, 0) is 0 Å². The standard InChI is InChI=1S/C10H7ClN2O/c11-9-5-10(13)7(2-1-3-14)4-8(9)6-12/h4-5,14H,3,13H2. The Labute approximate surface area is 86.7 Å². The number of anilines is 1. The minimum absolute atomic E-state index is 0.246. The second-order valence-corrected chi connectivity index (χ2v) is 2.90. The number of nitrogens with zero attached hydrogens (tertiary/aromatic N) is 1. The normalized spacial score (nSPS) is 8.64. The highest BCUT2D eigenvalue weighted by Gasteiger charge is 2.03. The molecule has 0 fully saturated rings. The number of nitrogen functional groups attached to an aromatic ring is 1. The van der Waals surface area contributed by atoms with Gasteiger partial charge in [-0.3, -0.25) is 0 Å². The van der Waals surface area contributed by atoms with E-state index in [1.54, 1.807) is 0 Å². The SMILES string of the molecule is N#Cc1cc(C#CCO)c(N)cc1Cl. The van der Waals surface area contributed by atoms with Crippen molar-refractivity contribution in [1.82, 2.24) is 0 Å². The largest absolute Gasteiger partial charge is 0.398 e. The van der Waals surface area contributed by atoms with Crippen LogP contribution in [0.3, 0.4) is 0 Å². The van der Waals surface area contributed by atoms with Gasteiger partial charge in [0.05, 0.1) is 10.6 Å². The van der Waals surface area contributed by atoms with E-state index in [0.29, 0.717) is 21.8 Å². The maximum atomic E-state index is 8.69. The molecule has 0 heterocycles. The van der Waals surface area contributed by atoms with Crippen LogP contribution < -0.4 is 5.73 Å². The van der Waals surface area contributed by atoms with Crippen molar-refractivity contribution in [3.05, 3.63) is 28.3 Å². The zero-order valence-corrected chi connectivity index (χ0v) is 7.97. The Morgan fingerprint density at radius 2 is 2.14 bits per heavy atom. The van der Waals surface area contributed by atoms with E-state index < -0.39 is 0 Å². The van der Waals surface area contributed by atoms with Crippen molar-refractivity contribution >= 4 is 17.3 Å². The van der Waals surface area contributed by atoms with Gasteiger partial charge < -0.3 is 10.8 Å². The third-order valence-electron chi connectivity index (χ3n) is 1.56. The Morgan fingerprint density at radius 3 is 2.71 bits per heavy atom. The van der Waals surface area contributed by atoms with Crippen molar-refractivity contribution < 1.29 is 5.11 Å². The Balaban J connectivity index is 3.26. The van der Waals surface area contributed by atoms with Gasteiger partial charge in [-0.25, -0.2) is 0 Å². The molecule has 1 aromatic carbocycles. The summed E-state index contributed by atoms with van der Waals surface area (Å²) in [4.78, 5) is 0. The molecule has 0 aliphatic carbocycles. The van der Waals surface area contributed by atoms with Gasteiger partial charge in [0.2, 0.25) is 0 Å². The molecule has 0 atom stereocenters. The first-order chi connectivity index (χ1) is 6.69. The molecule has 0 aliphatic rings. The molecule has 0 amide bonds. The number of halogens is 1. The molecule has 0 saturated carbocycles. The van der Waals surface area contributed by atoms with E-state index in [2.05, 4.69) is 11.8 Å². The topological polar surface area (TPSA) is 70.0 Å². The Kier molecular flexibility index (Phi) is 3.36. The van der Waals surface area contributed by atoms with Crippen molar-refractivity contribution in [3.8, 4) is 17.9 Å². The third kappa shape index (κ3) is 2.17. The minimum Gasteiger partial charge on any atom is -0.398 e. The lowest BCUT2D eigenvalue weighted by atomic mass is 10.1. The molecule has 4 heteroatoms. The summed E-state index contributed by atoms with van der Waals surface area (Å²) in [6, 6.07) is 4.90. The van der Waals surface area contributed by atoms with Crippen LogP contribution >= 0.6 is 11.6 Å². The molecule has 1 rings (SSSR count). The quantitative estimate of drug-likeness (QED) is 0.494. The fraction of sp³-hybridized carbons (Fsp3) is 0.100. The predicted molar refractivity (Wildman–Crippen MR) is 54.5 cm³/mol. The molecule has 3 nitrogen and oxygen atoms in total. The third-order valence-corrected chi connectivity index (χ3v) is 1.87. The number of nitriles is 1. The number of nitrogens with two attached hydrogens (primary N) is 1. The number of benzene rings is 1. The predicted octanol–water partition coefficient (Wildman–Crippen LogP) is 1.14. The monoisotopic (exact) mass is 206 g/mol. The van der Waals surface area contributed by atoms with Gasteiger partial charge in [-0.1, -0.05) is 23.4 Å². The van der Waals surface area contributed by atoms with Crippen molar-refractivity contribution in [2.45, 2.75) is 0 Å². The zero-order chi connectivity index (χ0) is 10.6. The summed E-state index contributed by atoms with van der Waals surface area (Å²) in [6.45, 7) is -0.246. The van der Waals surface area contributed by atoms with Crippen LogP contribution in [0.4, 0.5) is 5.69 Å². The van der Waals surface area contributed by atoms with Gasteiger partial charge in [0.15, 0.2) is 0 Å². The average molecular weight is 207 g/mol. The lowest BCUT2D eigenvalue weighted by Crippen LogP contribution is -1.92. The van der Waals surface area contributed by atoms with E-state index in [0.717, 1.165) is 0 Å². The molecule has 0 bridgehead atoms. The molecule has 0 unspecified atom stereocenters. The van der Waals surface area contributed by atoms with Gasteiger partial charge in [0.1, 0.15) is 12.7 Å².